The molecule has 2 fully saturated rings. The molecule has 0 radical (unpaired) electrons. The summed E-state index contributed by atoms with van der Waals surface area (Å²) in [5.74, 6) is -0.0596. The molecule has 1 aromatic heterocycles. The minimum Gasteiger partial charge on any atom is -0.342 e. The van der Waals surface area contributed by atoms with Crippen molar-refractivity contribution in [1.29, 1.82) is 0 Å². The maximum Gasteiger partial charge on any atom is 0.269 e. The molecule has 7 nitrogen and oxygen atoms in total. The number of amides is 2. The van der Waals surface area contributed by atoms with Crippen LogP contribution in [0.25, 0.3) is 11.0 Å². The quantitative estimate of drug-likeness (QED) is 0.817. The first kappa shape index (κ1) is 17.7. The second-order valence-electron chi connectivity index (χ2n) is 7.38. The molecule has 142 valence electrons. The van der Waals surface area contributed by atoms with E-state index in [9.17, 15) is 14.4 Å². The molecule has 27 heavy (non-hydrogen) atoms. The van der Waals surface area contributed by atoms with Crippen LogP contribution in [0.4, 0.5) is 0 Å². The molecule has 0 unspecified atom stereocenters. The van der Waals surface area contributed by atoms with Crippen LogP contribution in [0.15, 0.2) is 35.3 Å². The van der Waals surface area contributed by atoms with Crippen LogP contribution in [0.1, 0.15) is 25.7 Å². The number of rotatable bonds is 3. The summed E-state index contributed by atoms with van der Waals surface area (Å²) in [7, 11) is 0. The van der Waals surface area contributed by atoms with E-state index in [-0.39, 0.29) is 29.8 Å². The SMILES string of the molecule is O=C(Cn1c(=O)cnc2ccccc21)N1CCC[C@@H](C(=O)N2CCCC2)C1. The summed E-state index contributed by atoms with van der Waals surface area (Å²) in [5.41, 5.74) is 1.05. The van der Waals surface area contributed by atoms with Crippen LogP contribution in [0.3, 0.4) is 0 Å². The second-order valence-corrected chi connectivity index (χ2v) is 7.38. The lowest BCUT2D eigenvalue weighted by atomic mass is 9.96. The van der Waals surface area contributed by atoms with Gasteiger partial charge in [0.15, 0.2) is 0 Å². The van der Waals surface area contributed by atoms with Crippen molar-refractivity contribution >= 4 is 22.8 Å². The Hall–Kier alpha value is -2.70. The molecule has 2 aliphatic heterocycles. The normalized spacial score (nSPS) is 20.2. The topological polar surface area (TPSA) is 75.5 Å². The second kappa shape index (κ2) is 7.50. The molecule has 1 aromatic carbocycles. The number of carbonyl (C=O) groups excluding carboxylic acids is 2. The summed E-state index contributed by atoms with van der Waals surface area (Å²) in [6.07, 6.45) is 5.04. The average molecular weight is 368 g/mol. The standard InChI is InChI=1S/C20H24N4O3/c25-18-12-21-16-7-1-2-8-17(16)24(18)14-19(26)23-11-5-6-15(13-23)20(27)22-9-3-4-10-22/h1-2,7-8,12,15H,3-6,9-11,13-14H2/t15-/m1/s1. The van der Waals surface area contributed by atoms with Gasteiger partial charge in [-0.25, -0.2) is 4.98 Å². The fourth-order valence-electron chi connectivity index (χ4n) is 4.11. The molecule has 2 amide bonds. The summed E-state index contributed by atoms with van der Waals surface area (Å²) in [6, 6.07) is 7.30. The Morgan fingerprint density at radius 2 is 1.78 bits per heavy atom. The fraction of sp³-hybridized carbons (Fsp3) is 0.500. The highest BCUT2D eigenvalue weighted by atomic mass is 16.2. The van der Waals surface area contributed by atoms with Gasteiger partial charge in [0.1, 0.15) is 6.54 Å². The van der Waals surface area contributed by atoms with E-state index in [2.05, 4.69) is 4.98 Å². The van der Waals surface area contributed by atoms with Gasteiger partial charge in [-0.1, -0.05) is 12.1 Å². The van der Waals surface area contributed by atoms with Crippen LogP contribution < -0.4 is 5.56 Å². The zero-order chi connectivity index (χ0) is 18.8. The lowest BCUT2D eigenvalue weighted by molar-refractivity contribution is -0.140. The summed E-state index contributed by atoms with van der Waals surface area (Å²) >= 11 is 0. The van der Waals surface area contributed by atoms with Crippen LogP contribution in [-0.2, 0) is 16.1 Å². The van der Waals surface area contributed by atoms with Crippen LogP contribution >= 0.6 is 0 Å². The minimum atomic E-state index is -0.288. The highest BCUT2D eigenvalue weighted by molar-refractivity contribution is 5.82. The zero-order valence-electron chi connectivity index (χ0n) is 15.3. The first-order valence-corrected chi connectivity index (χ1v) is 9.64. The van der Waals surface area contributed by atoms with E-state index in [4.69, 9.17) is 0 Å². The lowest BCUT2D eigenvalue weighted by Crippen LogP contribution is -2.47. The van der Waals surface area contributed by atoms with Crippen molar-refractivity contribution in [3.8, 4) is 0 Å². The van der Waals surface area contributed by atoms with Crippen LogP contribution in [0.2, 0.25) is 0 Å². The number of para-hydroxylation sites is 2. The molecule has 0 aliphatic carbocycles. The molecule has 0 N–H and O–H groups in total. The molecule has 0 bridgehead atoms. The monoisotopic (exact) mass is 368 g/mol. The summed E-state index contributed by atoms with van der Waals surface area (Å²) in [5, 5.41) is 0. The van der Waals surface area contributed by atoms with Gasteiger partial charge in [-0.3, -0.25) is 19.0 Å². The number of hydrogen-bond acceptors (Lipinski definition) is 4. The molecular weight excluding hydrogens is 344 g/mol. The van der Waals surface area contributed by atoms with Gasteiger partial charge in [-0.15, -0.1) is 0 Å². The Morgan fingerprint density at radius 3 is 2.59 bits per heavy atom. The van der Waals surface area contributed by atoms with Gasteiger partial charge >= 0.3 is 0 Å². The predicted octanol–water partition coefficient (Wildman–Crippen LogP) is 1.26. The number of benzene rings is 1. The molecule has 0 saturated carbocycles. The van der Waals surface area contributed by atoms with E-state index in [1.54, 1.807) is 11.0 Å². The van der Waals surface area contributed by atoms with Crippen LogP contribution in [0, 0.1) is 5.92 Å². The fourth-order valence-corrected chi connectivity index (χ4v) is 4.11. The first-order chi connectivity index (χ1) is 13.1. The number of piperidine rings is 1. The van der Waals surface area contributed by atoms with Gasteiger partial charge in [0.25, 0.3) is 5.56 Å². The zero-order valence-corrected chi connectivity index (χ0v) is 15.3. The third-order valence-electron chi connectivity index (χ3n) is 5.59. The van der Waals surface area contributed by atoms with E-state index in [1.807, 2.05) is 23.1 Å². The van der Waals surface area contributed by atoms with Gasteiger partial charge in [0, 0.05) is 26.2 Å². The molecule has 2 aromatic rings. The maximum atomic E-state index is 12.9. The van der Waals surface area contributed by atoms with E-state index in [1.165, 1.54) is 10.8 Å². The predicted molar refractivity (Wildman–Crippen MR) is 101 cm³/mol. The number of carbonyl (C=O) groups is 2. The van der Waals surface area contributed by atoms with E-state index in [0.717, 1.165) is 38.8 Å². The Morgan fingerprint density at radius 1 is 1.04 bits per heavy atom. The van der Waals surface area contributed by atoms with E-state index >= 15 is 0 Å². The number of fused-ring (bicyclic) bond motifs is 1. The van der Waals surface area contributed by atoms with Crippen molar-refractivity contribution in [2.75, 3.05) is 26.2 Å². The summed E-state index contributed by atoms with van der Waals surface area (Å²) in [6.45, 7) is 2.74. The smallest absolute Gasteiger partial charge is 0.269 e. The van der Waals surface area contributed by atoms with E-state index in [0.29, 0.717) is 24.1 Å². The van der Waals surface area contributed by atoms with Gasteiger partial charge in [0.05, 0.1) is 23.1 Å². The van der Waals surface area contributed by atoms with Crippen molar-refractivity contribution in [3.63, 3.8) is 0 Å². The van der Waals surface area contributed by atoms with Crippen molar-refractivity contribution < 1.29 is 9.59 Å². The largest absolute Gasteiger partial charge is 0.342 e. The van der Waals surface area contributed by atoms with Gasteiger partial charge in [-0.05, 0) is 37.8 Å². The Kier molecular flexibility index (Phi) is 4.92. The van der Waals surface area contributed by atoms with E-state index < -0.39 is 0 Å². The maximum absolute atomic E-state index is 12.9. The molecule has 2 aliphatic rings. The molecule has 0 spiro atoms. The third-order valence-corrected chi connectivity index (χ3v) is 5.59. The van der Waals surface area contributed by atoms with Crippen molar-refractivity contribution in [2.45, 2.75) is 32.2 Å². The molecular formula is C20H24N4O3. The number of likely N-dealkylation sites (tertiary alicyclic amines) is 2. The molecule has 3 heterocycles. The molecule has 4 rings (SSSR count). The number of nitrogens with zero attached hydrogens (tertiary/aromatic N) is 4. The highest BCUT2D eigenvalue weighted by Gasteiger charge is 2.32. The molecule has 2 saturated heterocycles. The first-order valence-electron chi connectivity index (χ1n) is 9.64. The molecule has 1 atom stereocenters. The van der Waals surface area contributed by atoms with Crippen molar-refractivity contribution in [2.24, 2.45) is 5.92 Å². The Balaban J connectivity index is 1.49. The lowest BCUT2D eigenvalue weighted by Gasteiger charge is -2.34. The summed E-state index contributed by atoms with van der Waals surface area (Å²) in [4.78, 5) is 45.6. The van der Waals surface area contributed by atoms with Crippen LogP contribution in [0.5, 0.6) is 0 Å². The summed E-state index contributed by atoms with van der Waals surface area (Å²) < 4.78 is 1.47. The van der Waals surface area contributed by atoms with Crippen molar-refractivity contribution in [1.82, 2.24) is 19.4 Å². The van der Waals surface area contributed by atoms with Gasteiger partial charge in [-0.2, -0.15) is 0 Å². The highest BCUT2D eigenvalue weighted by Crippen LogP contribution is 2.21. The average Bonchev–Trinajstić information content (AvgIpc) is 3.24. The third kappa shape index (κ3) is 3.59. The molecule has 7 heteroatoms. The minimum absolute atomic E-state index is 0.0213. The van der Waals surface area contributed by atoms with Gasteiger partial charge in [0.2, 0.25) is 11.8 Å². The van der Waals surface area contributed by atoms with Crippen molar-refractivity contribution in [3.05, 3.63) is 40.8 Å². The number of aromatic nitrogens is 2. The Labute approximate surface area is 157 Å². The van der Waals surface area contributed by atoms with Crippen LogP contribution in [-0.4, -0.2) is 57.3 Å². The Bertz CT molecular complexity index is 917. The van der Waals surface area contributed by atoms with Gasteiger partial charge < -0.3 is 9.80 Å². The number of hydrogen-bond donors (Lipinski definition) is 0.